The van der Waals surface area contributed by atoms with Gasteiger partial charge in [-0.3, -0.25) is 4.90 Å². The van der Waals surface area contributed by atoms with Crippen molar-refractivity contribution in [3.05, 3.63) is 65.4 Å². The monoisotopic (exact) mass is 531 g/mol. The van der Waals surface area contributed by atoms with Crippen molar-refractivity contribution in [2.45, 2.75) is 38.3 Å². The first-order chi connectivity index (χ1) is 18.6. The van der Waals surface area contributed by atoms with E-state index in [9.17, 15) is 0 Å². The molecule has 6 rings (SSSR count). The topological polar surface area (TPSA) is 80.1 Å². The van der Waals surface area contributed by atoms with Gasteiger partial charge in [-0.05, 0) is 49.9 Å². The molecule has 2 aromatic heterocycles. The lowest BCUT2D eigenvalue weighted by molar-refractivity contribution is 0.191. The fourth-order valence-corrected chi connectivity index (χ4v) is 5.52. The highest BCUT2D eigenvalue weighted by Gasteiger charge is 2.33. The molecule has 198 valence electrons. The second kappa shape index (κ2) is 10.9. The third kappa shape index (κ3) is 5.34. The van der Waals surface area contributed by atoms with Crippen molar-refractivity contribution in [3.63, 3.8) is 0 Å². The highest BCUT2D eigenvalue weighted by atomic mass is 35.5. The zero-order chi connectivity index (χ0) is 26.0. The molecule has 2 fully saturated rings. The number of aromatic nitrogens is 4. The van der Waals surface area contributed by atoms with Crippen LogP contribution in [-0.4, -0.2) is 69.3 Å². The molecular formula is C29H34ClN7O. The third-order valence-corrected chi connectivity index (χ3v) is 7.97. The number of nitrogens with one attached hydrogen (secondary N) is 2. The van der Waals surface area contributed by atoms with Crippen LogP contribution in [-0.2, 0) is 6.54 Å². The predicted molar refractivity (Wildman–Crippen MR) is 152 cm³/mol. The minimum absolute atomic E-state index is 0.0476. The second-order valence-electron chi connectivity index (χ2n) is 10.5. The van der Waals surface area contributed by atoms with Crippen LogP contribution < -0.4 is 15.4 Å². The molecule has 1 aliphatic heterocycles. The van der Waals surface area contributed by atoms with E-state index in [4.69, 9.17) is 21.3 Å². The summed E-state index contributed by atoms with van der Waals surface area (Å²) in [5.74, 6) is 2.30. The maximum Gasteiger partial charge on any atom is 0.166 e. The summed E-state index contributed by atoms with van der Waals surface area (Å²) in [6.45, 7) is 8.58. The zero-order valence-corrected chi connectivity index (χ0v) is 22.5. The molecule has 1 aliphatic carbocycles. The van der Waals surface area contributed by atoms with E-state index < -0.39 is 0 Å². The van der Waals surface area contributed by atoms with E-state index in [-0.39, 0.29) is 5.54 Å². The van der Waals surface area contributed by atoms with E-state index in [0.29, 0.717) is 18.2 Å². The largest absolute Gasteiger partial charge is 0.492 e. The summed E-state index contributed by atoms with van der Waals surface area (Å²) >= 11 is 6.87. The first-order valence-corrected chi connectivity index (χ1v) is 13.8. The maximum absolute atomic E-state index is 6.87. The van der Waals surface area contributed by atoms with E-state index in [0.717, 1.165) is 85.2 Å². The van der Waals surface area contributed by atoms with Gasteiger partial charge in [-0.2, -0.15) is 0 Å². The van der Waals surface area contributed by atoms with Crippen LogP contribution in [0.15, 0.2) is 54.9 Å². The first-order valence-electron chi connectivity index (χ1n) is 13.5. The molecule has 2 N–H and O–H groups in total. The van der Waals surface area contributed by atoms with Gasteiger partial charge < -0.3 is 19.9 Å². The second-order valence-corrected chi connectivity index (χ2v) is 10.9. The molecule has 38 heavy (non-hydrogen) atoms. The SMILES string of the molecule is CC1(Nc2ncnc3c2nc(-c2ccc(OCCN4CCNCC4)cc2Cl)n3Cc2ccccc2)CCC1. The molecule has 3 heterocycles. The fourth-order valence-electron chi connectivity index (χ4n) is 5.26. The van der Waals surface area contributed by atoms with Crippen molar-refractivity contribution in [1.29, 1.82) is 0 Å². The minimum atomic E-state index is 0.0476. The normalized spacial score (nSPS) is 17.3. The van der Waals surface area contributed by atoms with E-state index in [1.54, 1.807) is 6.33 Å². The quantitative estimate of drug-likeness (QED) is 0.320. The Morgan fingerprint density at radius 2 is 1.89 bits per heavy atom. The average molecular weight is 532 g/mol. The van der Waals surface area contributed by atoms with Gasteiger partial charge in [-0.15, -0.1) is 0 Å². The number of rotatable bonds is 9. The van der Waals surface area contributed by atoms with Gasteiger partial charge in [0, 0.05) is 43.8 Å². The first kappa shape index (κ1) is 25.1. The predicted octanol–water partition coefficient (Wildman–Crippen LogP) is 4.83. The molecule has 4 aromatic rings. The van der Waals surface area contributed by atoms with Gasteiger partial charge in [0.2, 0.25) is 0 Å². The Balaban J connectivity index is 1.31. The van der Waals surface area contributed by atoms with E-state index in [1.165, 1.54) is 6.42 Å². The Kier molecular flexibility index (Phi) is 7.19. The number of nitrogens with zero attached hydrogens (tertiary/aromatic N) is 5. The van der Waals surface area contributed by atoms with Gasteiger partial charge in [0.05, 0.1) is 11.6 Å². The maximum atomic E-state index is 6.87. The van der Waals surface area contributed by atoms with Crippen LogP contribution in [0, 0.1) is 0 Å². The average Bonchev–Trinajstić information content (AvgIpc) is 3.28. The van der Waals surface area contributed by atoms with Crippen molar-refractivity contribution in [3.8, 4) is 17.1 Å². The van der Waals surface area contributed by atoms with Gasteiger partial charge in [-0.25, -0.2) is 15.0 Å². The molecule has 2 aromatic carbocycles. The van der Waals surface area contributed by atoms with E-state index in [1.807, 2.05) is 36.4 Å². The van der Waals surface area contributed by atoms with Crippen LogP contribution >= 0.6 is 11.6 Å². The number of hydrogen-bond acceptors (Lipinski definition) is 7. The molecule has 0 amide bonds. The summed E-state index contributed by atoms with van der Waals surface area (Å²) in [5.41, 5.74) is 3.61. The molecule has 8 nitrogen and oxygen atoms in total. The summed E-state index contributed by atoms with van der Waals surface area (Å²) in [6.07, 6.45) is 5.09. The lowest BCUT2D eigenvalue weighted by atomic mass is 9.78. The number of ether oxygens (including phenoxy) is 1. The molecule has 0 spiro atoms. The Morgan fingerprint density at radius 3 is 2.63 bits per heavy atom. The lowest BCUT2D eigenvalue weighted by Crippen LogP contribution is -2.44. The van der Waals surface area contributed by atoms with Crippen molar-refractivity contribution in [2.75, 3.05) is 44.6 Å². The van der Waals surface area contributed by atoms with E-state index in [2.05, 4.69) is 49.1 Å². The molecule has 9 heteroatoms. The Morgan fingerprint density at radius 1 is 1.08 bits per heavy atom. The number of benzene rings is 2. The number of halogens is 1. The zero-order valence-electron chi connectivity index (χ0n) is 21.8. The molecule has 0 atom stereocenters. The van der Waals surface area contributed by atoms with Crippen LogP contribution in [0.3, 0.4) is 0 Å². The molecule has 0 bridgehead atoms. The molecule has 0 unspecified atom stereocenters. The number of fused-ring (bicyclic) bond motifs is 1. The minimum Gasteiger partial charge on any atom is -0.492 e. The lowest BCUT2D eigenvalue weighted by Gasteiger charge is -2.39. The molecule has 1 saturated carbocycles. The highest BCUT2D eigenvalue weighted by Crippen LogP contribution is 2.38. The van der Waals surface area contributed by atoms with Crippen molar-refractivity contribution < 1.29 is 4.74 Å². The summed E-state index contributed by atoms with van der Waals surface area (Å²) in [6, 6.07) is 16.2. The van der Waals surface area contributed by atoms with Crippen LogP contribution in [0.4, 0.5) is 5.82 Å². The highest BCUT2D eigenvalue weighted by molar-refractivity contribution is 6.33. The molecule has 2 aliphatic rings. The van der Waals surface area contributed by atoms with Crippen molar-refractivity contribution in [1.82, 2.24) is 29.7 Å². The number of imidazole rings is 1. The van der Waals surface area contributed by atoms with Crippen LogP contribution in [0.5, 0.6) is 5.75 Å². The Labute approximate surface area is 228 Å². The Bertz CT molecular complexity index is 1400. The summed E-state index contributed by atoms with van der Waals surface area (Å²) in [7, 11) is 0. The summed E-state index contributed by atoms with van der Waals surface area (Å²) in [4.78, 5) is 16.7. The molecular weight excluding hydrogens is 498 g/mol. The van der Waals surface area contributed by atoms with E-state index >= 15 is 0 Å². The Hall–Kier alpha value is -3.20. The number of piperazine rings is 1. The summed E-state index contributed by atoms with van der Waals surface area (Å²) < 4.78 is 8.18. The molecule has 0 radical (unpaired) electrons. The smallest absolute Gasteiger partial charge is 0.166 e. The fraction of sp³-hybridized carbons (Fsp3) is 0.414. The van der Waals surface area contributed by atoms with Crippen LogP contribution in [0.25, 0.3) is 22.6 Å². The standard InChI is InChI=1S/C29H34ClN7O/c1-29(10-5-11-29)35-26-25-28(33-20-32-26)37(19-21-6-3-2-4-7-21)27(34-25)23-9-8-22(18-24(23)30)38-17-16-36-14-12-31-13-15-36/h2-4,6-9,18,20,31H,5,10-17,19H2,1H3,(H,32,33,35). The van der Waals surface area contributed by atoms with Gasteiger partial charge in [-0.1, -0.05) is 41.9 Å². The third-order valence-electron chi connectivity index (χ3n) is 7.66. The van der Waals surface area contributed by atoms with Gasteiger partial charge in [0.15, 0.2) is 17.0 Å². The number of hydrogen-bond donors (Lipinski definition) is 2. The number of anilines is 1. The van der Waals surface area contributed by atoms with Crippen LogP contribution in [0.2, 0.25) is 5.02 Å². The van der Waals surface area contributed by atoms with Gasteiger partial charge in [0.1, 0.15) is 24.5 Å². The van der Waals surface area contributed by atoms with Gasteiger partial charge in [0.25, 0.3) is 0 Å². The van der Waals surface area contributed by atoms with Crippen LogP contribution in [0.1, 0.15) is 31.7 Å². The van der Waals surface area contributed by atoms with Crippen molar-refractivity contribution in [2.24, 2.45) is 0 Å². The van der Waals surface area contributed by atoms with Gasteiger partial charge >= 0.3 is 0 Å². The summed E-state index contributed by atoms with van der Waals surface area (Å²) in [5, 5.41) is 7.62. The van der Waals surface area contributed by atoms with Crippen molar-refractivity contribution >= 4 is 28.6 Å². The molecule has 1 saturated heterocycles.